The summed E-state index contributed by atoms with van der Waals surface area (Å²) in [4.78, 5) is 14.3. The van der Waals surface area contributed by atoms with Gasteiger partial charge in [0, 0.05) is 24.4 Å². The Morgan fingerprint density at radius 3 is 2.26 bits per heavy atom. The highest BCUT2D eigenvalue weighted by molar-refractivity contribution is 7.90. The molecule has 2 unspecified atom stereocenters. The van der Waals surface area contributed by atoms with Crippen LogP contribution in [-0.4, -0.2) is 61.7 Å². The van der Waals surface area contributed by atoms with Crippen LogP contribution in [-0.2, 0) is 14.6 Å². The number of nitrogens with one attached hydrogen (secondary N) is 1. The van der Waals surface area contributed by atoms with E-state index in [1.165, 1.54) is 6.26 Å². The van der Waals surface area contributed by atoms with Crippen molar-refractivity contribution in [2.75, 3.05) is 18.6 Å². The van der Waals surface area contributed by atoms with Crippen molar-refractivity contribution in [2.45, 2.75) is 76.6 Å². The molecule has 2 heterocycles. The first-order valence-corrected chi connectivity index (χ1v) is 10.5. The summed E-state index contributed by atoms with van der Waals surface area (Å²) < 4.78 is 27.8. The molecule has 2 aliphatic rings. The van der Waals surface area contributed by atoms with Crippen LogP contribution in [0.5, 0.6) is 0 Å². The van der Waals surface area contributed by atoms with Gasteiger partial charge in [0.05, 0.1) is 5.75 Å². The summed E-state index contributed by atoms with van der Waals surface area (Å²) in [6.07, 6.45) is 5.63. The van der Waals surface area contributed by atoms with Gasteiger partial charge in [0.25, 0.3) is 0 Å². The number of ether oxygens (including phenoxy) is 1. The molecule has 0 aliphatic carbocycles. The van der Waals surface area contributed by atoms with Gasteiger partial charge < -0.3 is 15.0 Å². The molecule has 0 aromatic rings. The topological polar surface area (TPSA) is 75.7 Å². The average Bonchev–Trinajstić information content (AvgIpc) is 2.63. The maximum atomic E-state index is 12.4. The molecule has 1 amide bonds. The van der Waals surface area contributed by atoms with Gasteiger partial charge in [-0.3, -0.25) is 0 Å². The summed E-state index contributed by atoms with van der Waals surface area (Å²) in [6, 6.07) is 0.859. The highest BCUT2D eigenvalue weighted by atomic mass is 32.2. The van der Waals surface area contributed by atoms with Crippen LogP contribution in [0.15, 0.2) is 0 Å². The van der Waals surface area contributed by atoms with E-state index in [2.05, 4.69) is 5.32 Å². The van der Waals surface area contributed by atoms with Crippen molar-refractivity contribution in [3.63, 3.8) is 0 Å². The second kappa shape index (κ2) is 6.97. The SMILES string of the molecule is CC(C)(C)OC(=O)N1C2CCC1CC(NCCCS(C)(=O)=O)C2. The van der Waals surface area contributed by atoms with E-state index < -0.39 is 15.4 Å². The maximum absolute atomic E-state index is 12.4. The van der Waals surface area contributed by atoms with Gasteiger partial charge in [-0.25, -0.2) is 13.2 Å². The fourth-order valence-electron chi connectivity index (χ4n) is 3.60. The second-order valence-electron chi connectivity index (χ2n) is 7.88. The van der Waals surface area contributed by atoms with Gasteiger partial charge in [0.2, 0.25) is 0 Å². The number of piperidine rings is 1. The van der Waals surface area contributed by atoms with Gasteiger partial charge in [-0.1, -0.05) is 0 Å². The number of carbonyl (C=O) groups is 1. The van der Waals surface area contributed by atoms with E-state index in [0.717, 1.165) is 25.7 Å². The molecule has 0 aromatic heterocycles. The van der Waals surface area contributed by atoms with Gasteiger partial charge >= 0.3 is 6.09 Å². The summed E-state index contributed by atoms with van der Waals surface area (Å²) in [5, 5.41) is 3.46. The van der Waals surface area contributed by atoms with E-state index in [-0.39, 0.29) is 23.9 Å². The fourth-order valence-corrected chi connectivity index (χ4v) is 4.27. The fraction of sp³-hybridized carbons (Fsp3) is 0.938. The van der Waals surface area contributed by atoms with Crippen molar-refractivity contribution in [1.82, 2.24) is 10.2 Å². The normalized spacial score (nSPS) is 28.0. The third kappa shape index (κ3) is 5.64. The Morgan fingerprint density at radius 2 is 1.78 bits per heavy atom. The second-order valence-corrected chi connectivity index (χ2v) is 10.1. The first-order valence-electron chi connectivity index (χ1n) is 8.47. The van der Waals surface area contributed by atoms with Crippen LogP contribution >= 0.6 is 0 Å². The molecule has 7 heteroatoms. The summed E-state index contributed by atoms with van der Waals surface area (Å²) >= 11 is 0. The lowest BCUT2D eigenvalue weighted by atomic mass is 9.97. The number of fused-ring (bicyclic) bond motifs is 2. The standard InChI is InChI=1S/C16H30N2O4S/c1-16(2,3)22-15(19)18-13-6-7-14(18)11-12(10-13)17-8-5-9-23(4,20)21/h12-14,17H,5-11H2,1-4H3. The van der Waals surface area contributed by atoms with Crippen LogP contribution in [0.1, 0.15) is 52.9 Å². The Hall–Kier alpha value is -0.820. The van der Waals surface area contributed by atoms with Crippen molar-refractivity contribution in [3.8, 4) is 0 Å². The third-order valence-electron chi connectivity index (χ3n) is 4.46. The van der Waals surface area contributed by atoms with Gasteiger partial charge in [0.1, 0.15) is 15.4 Å². The van der Waals surface area contributed by atoms with Crippen molar-refractivity contribution < 1.29 is 17.9 Å². The lowest BCUT2D eigenvalue weighted by molar-refractivity contribution is 0.00476. The van der Waals surface area contributed by atoms with Gasteiger partial charge in [-0.05, 0) is 59.4 Å². The molecular weight excluding hydrogens is 316 g/mol. The van der Waals surface area contributed by atoms with Gasteiger partial charge in [0.15, 0.2) is 0 Å². The number of carbonyl (C=O) groups excluding carboxylic acids is 1. The summed E-state index contributed by atoms with van der Waals surface area (Å²) in [7, 11) is -2.88. The molecule has 2 saturated heterocycles. The monoisotopic (exact) mass is 346 g/mol. The van der Waals surface area contributed by atoms with Crippen molar-refractivity contribution in [1.29, 1.82) is 0 Å². The minimum Gasteiger partial charge on any atom is -0.444 e. The molecule has 23 heavy (non-hydrogen) atoms. The molecular formula is C16H30N2O4S. The van der Waals surface area contributed by atoms with Crippen LogP contribution in [0.3, 0.4) is 0 Å². The first kappa shape index (κ1) is 18.5. The van der Waals surface area contributed by atoms with E-state index in [1.807, 2.05) is 25.7 Å². The van der Waals surface area contributed by atoms with Gasteiger partial charge in [-0.2, -0.15) is 0 Å². The number of amides is 1. The predicted octanol–water partition coefficient (Wildman–Crippen LogP) is 1.94. The molecule has 0 spiro atoms. The van der Waals surface area contributed by atoms with Crippen molar-refractivity contribution >= 4 is 15.9 Å². The van der Waals surface area contributed by atoms with Crippen LogP contribution < -0.4 is 5.32 Å². The Balaban J connectivity index is 1.81. The molecule has 6 nitrogen and oxygen atoms in total. The Kier molecular flexibility index (Phi) is 5.61. The van der Waals surface area contributed by atoms with Crippen LogP contribution in [0.4, 0.5) is 4.79 Å². The van der Waals surface area contributed by atoms with E-state index in [9.17, 15) is 13.2 Å². The Bertz CT molecular complexity index is 513. The van der Waals surface area contributed by atoms with Crippen LogP contribution in [0, 0.1) is 0 Å². The lowest BCUT2D eigenvalue weighted by Gasteiger charge is -2.39. The molecule has 1 N–H and O–H groups in total. The number of rotatable bonds is 5. The number of hydrogen-bond donors (Lipinski definition) is 1. The van der Waals surface area contributed by atoms with E-state index in [4.69, 9.17) is 4.74 Å². The number of sulfone groups is 1. The molecule has 2 fully saturated rings. The zero-order valence-corrected chi connectivity index (χ0v) is 15.5. The van der Waals surface area contributed by atoms with Crippen molar-refractivity contribution in [3.05, 3.63) is 0 Å². The number of hydrogen-bond acceptors (Lipinski definition) is 5. The third-order valence-corrected chi connectivity index (χ3v) is 5.49. The zero-order valence-electron chi connectivity index (χ0n) is 14.7. The molecule has 2 bridgehead atoms. The van der Waals surface area contributed by atoms with Crippen molar-refractivity contribution in [2.24, 2.45) is 0 Å². The molecule has 2 rings (SSSR count). The summed E-state index contributed by atoms with van der Waals surface area (Å²) in [6.45, 7) is 6.39. The molecule has 0 saturated carbocycles. The molecule has 134 valence electrons. The molecule has 0 radical (unpaired) electrons. The largest absolute Gasteiger partial charge is 0.444 e. The van der Waals surface area contributed by atoms with E-state index >= 15 is 0 Å². The highest BCUT2D eigenvalue weighted by Gasteiger charge is 2.44. The summed E-state index contributed by atoms with van der Waals surface area (Å²) in [5.41, 5.74) is -0.461. The minimum atomic E-state index is -2.88. The van der Waals surface area contributed by atoms with Crippen LogP contribution in [0.25, 0.3) is 0 Å². The quantitative estimate of drug-likeness (QED) is 0.770. The molecule has 2 aliphatic heterocycles. The van der Waals surface area contributed by atoms with E-state index in [1.54, 1.807) is 0 Å². The first-order chi connectivity index (χ1) is 10.6. The predicted molar refractivity (Wildman–Crippen MR) is 90.2 cm³/mol. The molecule has 2 atom stereocenters. The maximum Gasteiger partial charge on any atom is 0.410 e. The van der Waals surface area contributed by atoms with Gasteiger partial charge in [-0.15, -0.1) is 0 Å². The average molecular weight is 346 g/mol. The zero-order chi connectivity index (χ0) is 17.3. The smallest absolute Gasteiger partial charge is 0.410 e. The molecule has 0 aromatic carbocycles. The minimum absolute atomic E-state index is 0.194. The lowest BCUT2D eigenvalue weighted by Crippen LogP contribution is -2.52. The Labute approximate surface area is 139 Å². The number of nitrogens with zero attached hydrogens (tertiary/aromatic N) is 1. The van der Waals surface area contributed by atoms with E-state index in [0.29, 0.717) is 19.0 Å². The summed E-state index contributed by atoms with van der Waals surface area (Å²) in [5.74, 6) is 0.226. The Morgan fingerprint density at radius 1 is 1.22 bits per heavy atom. The highest BCUT2D eigenvalue weighted by Crippen LogP contribution is 2.36. The van der Waals surface area contributed by atoms with Crippen LogP contribution in [0.2, 0.25) is 0 Å².